The number of aromatic nitrogens is 4. The second kappa shape index (κ2) is 7.98. The monoisotopic (exact) mass is 379 g/mol. The van der Waals surface area contributed by atoms with Crippen molar-refractivity contribution in [1.82, 2.24) is 24.8 Å². The number of carboxylic acid groups (broad SMARTS) is 1. The molecule has 0 bridgehead atoms. The summed E-state index contributed by atoms with van der Waals surface area (Å²) in [5, 5.41) is 11.6. The zero-order valence-corrected chi connectivity index (χ0v) is 15.2. The molecular formula is C16H21N5O6. The number of hydrogen-bond donors (Lipinski definition) is 4. The number of rotatable bonds is 7. The highest BCUT2D eigenvalue weighted by molar-refractivity contribution is 5.83. The molecule has 2 aromatic rings. The van der Waals surface area contributed by atoms with Gasteiger partial charge >= 0.3 is 11.7 Å². The van der Waals surface area contributed by atoms with Crippen molar-refractivity contribution in [3.8, 4) is 0 Å². The van der Waals surface area contributed by atoms with E-state index in [2.05, 4.69) is 20.3 Å². The third-order valence-corrected chi connectivity index (χ3v) is 3.97. The van der Waals surface area contributed by atoms with Gasteiger partial charge in [0.15, 0.2) is 5.52 Å². The van der Waals surface area contributed by atoms with Crippen LogP contribution >= 0.6 is 0 Å². The first-order valence-electron chi connectivity index (χ1n) is 8.34. The molecule has 4 N–H and O–H groups in total. The van der Waals surface area contributed by atoms with Crippen LogP contribution in [-0.2, 0) is 23.1 Å². The minimum Gasteiger partial charge on any atom is -0.480 e. The Bertz CT molecular complexity index is 1050. The predicted octanol–water partition coefficient (Wildman–Crippen LogP) is -1.14. The number of carboxylic acids is 1. The van der Waals surface area contributed by atoms with Crippen LogP contribution in [-0.4, -0.2) is 42.5 Å². The molecule has 146 valence electrons. The van der Waals surface area contributed by atoms with Gasteiger partial charge in [-0.15, -0.1) is 0 Å². The summed E-state index contributed by atoms with van der Waals surface area (Å²) in [6, 6.07) is -1.02. The number of nitrogens with zero attached hydrogens (tertiary/aromatic N) is 2. The summed E-state index contributed by atoms with van der Waals surface area (Å²) in [6.07, 6.45) is 0.0137. The second-order valence-corrected chi connectivity index (χ2v) is 6.62. The van der Waals surface area contributed by atoms with Crippen molar-refractivity contribution in [2.24, 2.45) is 13.0 Å². The quantitative estimate of drug-likeness (QED) is 0.471. The molecule has 1 atom stereocenters. The Balaban J connectivity index is 2.19. The van der Waals surface area contributed by atoms with Crippen molar-refractivity contribution < 1.29 is 14.7 Å². The van der Waals surface area contributed by atoms with Crippen molar-refractivity contribution in [3.63, 3.8) is 0 Å². The van der Waals surface area contributed by atoms with Gasteiger partial charge in [-0.3, -0.25) is 23.9 Å². The highest BCUT2D eigenvalue weighted by atomic mass is 16.4. The van der Waals surface area contributed by atoms with Crippen molar-refractivity contribution >= 4 is 23.0 Å². The van der Waals surface area contributed by atoms with E-state index in [4.69, 9.17) is 5.11 Å². The summed E-state index contributed by atoms with van der Waals surface area (Å²) in [6.45, 7) is 3.68. The van der Waals surface area contributed by atoms with Gasteiger partial charge in [0, 0.05) is 19.9 Å². The van der Waals surface area contributed by atoms with Gasteiger partial charge in [0.2, 0.25) is 5.91 Å². The summed E-state index contributed by atoms with van der Waals surface area (Å²) in [5.74, 6) is -1.60. The van der Waals surface area contributed by atoms with Gasteiger partial charge in [-0.25, -0.2) is 14.6 Å². The van der Waals surface area contributed by atoms with Gasteiger partial charge in [-0.2, -0.15) is 0 Å². The summed E-state index contributed by atoms with van der Waals surface area (Å²) >= 11 is 0. The van der Waals surface area contributed by atoms with Gasteiger partial charge in [0.05, 0.1) is 0 Å². The minimum atomic E-state index is -1.13. The number of hydrogen-bond acceptors (Lipinski definition) is 6. The molecule has 1 amide bonds. The van der Waals surface area contributed by atoms with E-state index in [1.54, 1.807) is 0 Å². The fraction of sp³-hybridized carbons (Fsp3) is 0.500. The molecule has 2 rings (SSSR count). The van der Waals surface area contributed by atoms with Crippen LogP contribution in [0.15, 0.2) is 14.4 Å². The molecule has 11 nitrogen and oxygen atoms in total. The molecule has 0 fully saturated rings. The van der Waals surface area contributed by atoms with Crippen LogP contribution in [0, 0.1) is 5.92 Å². The van der Waals surface area contributed by atoms with E-state index in [1.807, 2.05) is 13.8 Å². The Labute approximate surface area is 152 Å². The van der Waals surface area contributed by atoms with Gasteiger partial charge in [-0.05, 0) is 12.3 Å². The average Bonchev–Trinajstić information content (AvgIpc) is 2.57. The van der Waals surface area contributed by atoms with Crippen LogP contribution in [0.1, 0.15) is 32.4 Å². The topological polar surface area (TPSA) is 167 Å². The number of fused-ring (bicyclic) bond motifs is 1. The van der Waals surface area contributed by atoms with Crippen LogP contribution in [0.5, 0.6) is 0 Å². The molecule has 0 saturated heterocycles. The third kappa shape index (κ3) is 4.68. The molecule has 0 spiro atoms. The van der Waals surface area contributed by atoms with Crippen LogP contribution < -0.4 is 22.1 Å². The van der Waals surface area contributed by atoms with E-state index < -0.39 is 34.7 Å². The number of carbonyl (C=O) groups is 2. The molecule has 0 aliphatic carbocycles. The number of aromatic amines is 2. The highest BCUT2D eigenvalue weighted by Gasteiger charge is 2.21. The maximum absolute atomic E-state index is 12.1. The van der Waals surface area contributed by atoms with E-state index in [0.29, 0.717) is 0 Å². The number of carbonyl (C=O) groups excluding carboxylic acids is 1. The Hall–Kier alpha value is -3.24. The van der Waals surface area contributed by atoms with Gasteiger partial charge in [0.1, 0.15) is 17.4 Å². The molecule has 0 aliphatic rings. The number of nitrogens with one attached hydrogen (secondary N) is 3. The van der Waals surface area contributed by atoms with Gasteiger partial charge in [0.25, 0.3) is 11.1 Å². The second-order valence-electron chi connectivity index (χ2n) is 6.62. The first-order chi connectivity index (χ1) is 12.6. The first-order valence-corrected chi connectivity index (χ1v) is 8.34. The first kappa shape index (κ1) is 20.1. The summed E-state index contributed by atoms with van der Waals surface area (Å²) in [5.41, 5.74) is -2.29. The molecule has 0 unspecified atom stereocenters. The minimum absolute atomic E-state index is 0.0233. The van der Waals surface area contributed by atoms with E-state index in [-0.39, 0.29) is 42.0 Å². The molecule has 0 radical (unpaired) electrons. The molecule has 2 aromatic heterocycles. The molecule has 27 heavy (non-hydrogen) atoms. The third-order valence-electron chi connectivity index (χ3n) is 3.97. The average molecular weight is 379 g/mol. The van der Waals surface area contributed by atoms with Crippen molar-refractivity contribution in [3.05, 3.63) is 36.9 Å². The number of H-pyrrole nitrogens is 2. The molecule has 0 aliphatic heterocycles. The summed E-state index contributed by atoms with van der Waals surface area (Å²) < 4.78 is 1.05. The highest BCUT2D eigenvalue weighted by Crippen LogP contribution is 2.06. The number of amides is 1. The van der Waals surface area contributed by atoms with Crippen LogP contribution in [0.4, 0.5) is 0 Å². The fourth-order valence-corrected chi connectivity index (χ4v) is 2.58. The van der Waals surface area contributed by atoms with E-state index >= 15 is 0 Å². The zero-order chi connectivity index (χ0) is 20.3. The normalized spacial score (nSPS) is 12.3. The smallest absolute Gasteiger partial charge is 0.329 e. The Morgan fingerprint density at radius 1 is 1.19 bits per heavy atom. The zero-order valence-electron chi connectivity index (χ0n) is 15.2. The summed E-state index contributed by atoms with van der Waals surface area (Å²) in [4.78, 5) is 67.2. The van der Waals surface area contributed by atoms with E-state index in [1.165, 1.54) is 7.05 Å². The molecule has 0 saturated carbocycles. The van der Waals surface area contributed by atoms with E-state index in [9.17, 15) is 24.0 Å². The van der Waals surface area contributed by atoms with E-state index in [0.717, 1.165) is 4.57 Å². The van der Waals surface area contributed by atoms with Crippen molar-refractivity contribution in [1.29, 1.82) is 0 Å². The molecular weight excluding hydrogens is 358 g/mol. The Morgan fingerprint density at radius 2 is 1.85 bits per heavy atom. The SMILES string of the molecule is CC(C)C[C@@H](NC(=O)CCc1nc2c(=O)[nH]c(=O)n(C)c2[nH]c1=O)C(=O)O. The molecule has 0 aromatic carbocycles. The molecule has 2 heterocycles. The van der Waals surface area contributed by atoms with Gasteiger partial charge in [-0.1, -0.05) is 13.8 Å². The predicted molar refractivity (Wildman–Crippen MR) is 95.6 cm³/mol. The lowest BCUT2D eigenvalue weighted by Crippen LogP contribution is -2.41. The lowest BCUT2D eigenvalue weighted by molar-refractivity contribution is -0.142. The largest absolute Gasteiger partial charge is 0.480 e. The lowest BCUT2D eigenvalue weighted by Gasteiger charge is -2.16. The number of aliphatic carboxylic acids is 1. The van der Waals surface area contributed by atoms with Crippen molar-refractivity contribution in [2.45, 2.75) is 39.2 Å². The standard InChI is InChI=1S/C16H21N5O6/c1-7(2)6-9(15(25)26)17-10(22)5-4-8-13(23)19-12-11(18-8)14(24)20-16(27)21(12)3/h7,9H,4-6H2,1-3H3,(H,17,22)(H,19,23)(H,25,26)(H,20,24,27)/t9-/m1/s1. The maximum Gasteiger partial charge on any atom is 0.329 e. The van der Waals surface area contributed by atoms with Gasteiger partial charge < -0.3 is 15.4 Å². The van der Waals surface area contributed by atoms with Crippen molar-refractivity contribution in [2.75, 3.05) is 0 Å². The summed E-state index contributed by atoms with van der Waals surface area (Å²) in [7, 11) is 1.37. The van der Waals surface area contributed by atoms with Crippen LogP contribution in [0.3, 0.4) is 0 Å². The fourth-order valence-electron chi connectivity index (χ4n) is 2.58. The Kier molecular flexibility index (Phi) is 5.93. The van der Waals surface area contributed by atoms with Crippen LogP contribution in [0.25, 0.3) is 11.2 Å². The Morgan fingerprint density at radius 3 is 2.44 bits per heavy atom. The van der Waals surface area contributed by atoms with Crippen LogP contribution in [0.2, 0.25) is 0 Å². The maximum atomic E-state index is 12.1. The lowest BCUT2D eigenvalue weighted by atomic mass is 10.0. The number of aryl methyl sites for hydroxylation is 2. The molecule has 11 heteroatoms.